The summed E-state index contributed by atoms with van der Waals surface area (Å²) in [5.74, 6) is -3.33. The first-order valence-corrected chi connectivity index (χ1v) is 7.28. The number of ether oxygens (including phenoxy) is 1. The van der Waals surface area contributed by atoms with E-state index in [0.29, 0.717) is 11.3 Å². The van der Waals surface area contributed by atoms with Crippen LogP contribution in [0.3, 0.4) is 0 Å². The molecule has 0 fully saturated rings. The summed E-state index contributed by atoms with van der Waals surface area (Å²) in [5, 5.41) is 6.44. The monoisotopic (exact) mass is 394 g/mol. The standard InChI is InChI=1S/C15H9F7N4O/c1-7(14(17,18)19)27-12-10(16)4-9(5-23-12)8-2-3-11-24-25-13(15(20,21)22)26(11)6-8/h2-7H,1H3. The molecule has 1 atom stereocenters. The Labute approximate surface area is 146 Å². The lowest BCUT2D eigenvalue weighted by Crippen LogP contribution is -2.31. The Kier molecular flexibility index (Phi) is 4.44. The highest BCUT2D eigenvalue weighted by Crippen LogP contribution is 2.31. The van der Waals surface area contributed by atoms with Crippen molar-refractivity contribution in [2.75, 3.05) is 0 Å². The zero-order valence-corrected chi connectivity index (χ0v) is 13.3. The van der Waals surface area contributed by atoms with Crippen LogP contribution < -0.4 is 4.74 Å². The van der Waals surface area contributed by atoms with Crippen molar-refractivity contribution in [2.45, 2.75) is 25.4 Å². The number of nitrogens with zero attached hydrogens (tertiary/aromatic N) is 4. The number of fused-ring (bicyclic) bond motifs is 1. The molecule has 0 aliphatic rings. The smallest absolute Gasteiger partial charge is 0.452 e. The molecule has 5 nitrogen and oxygen atoms in total. The molecule has 0 amide bonds. The molecular formula is C15H9F7N4O. The Morgan fingerprint density at radius 2 is 1.74 bits per heavy atom. The number of halogens is 7. The Morgan fingerprint density at radius 3 is 2.33 bits per heavy atom. The minimum atomic E-state index is -4.76. The maximum Gasteiger partial charge on any atom is 0.452 e. The molecule has 0 radical (unpaired) electrons. The van der Waals surface area contributed by atoms with Crippen LogP contribution in [0.25, 0.3) is 16.8 Å². The normalized spacial score (nSPS) is 13.8. The van der Waals surface area contributed by atoms with E-state index in [2.05, 4.69) is 19.9 Å². The SMILES string of the molecule is CC(Oc1ncc(-c2ccc3nnc(C(F)(F)F)n3c2)cc1F)C(F)(F)F. The molecule has 3 aromatic heterocycles. The summed E-state index contributed by atoms with van der Waals surface area (Å²) in [7, 11) is 0. The van der Waals surface area contributed by atoms with E-state index in [0.717, 1.165) is 18.5 Å². The van der Waals surface area contributed by atoms with Gasteiger partial charge in [-0.05, 0) is 25.1 Å². The number of pyridine rings is 2. The molecule has 0 bridgehead atoms. The van der Waals surface area contributed by atoms with Crippen LogP contribution in [-0.4, -0.2) is 31.9 Å². The molecule has 1 unspecified atom stereocenters. The van der Waals surface area contributed by atoms with Crippen LogP contribution in [0.4, 0.5) is 30.7 Å². The highest BCUT2D eigenvalue weighted by Gasteiger charge is 2.39. The quantitative estimate of drug-likeness (QED) is 0.623. The van der Waals surface area contributed by atoms with E-state index in [4.69, 9.17) is 0 Å². The van der Waals surface area contributed by atoms with E-state index in [9.17, 15) is 30.7 Å². The molecule has 0 saturated heterocycles. The predicted molar refractivity (Wildman–Crippen MR) is 77.3 cm³/mol. The Morgan fingerprint density at radius 1 is 1.04 bits per heavy atom. The second kappa shape index (κ2) is 6.35. The second-order valence-electron chi connectivity index (χ2n) is 5.48. The molecule has 0 saturated carbocycles. The van der Waals surface area contributed by atoms with Gasteiger partial charge in [0.15, 0.2) is 17.6 Å². The van der Waals surface area contributed by atoms with Crippen LogP contribution in [-0.2, 0) is 6.18 Å². The van der Waals surface area contributed by atoms with Crippen molar-refractivity contribution in [3.05, 3.63) is 42.2 Å². The van der Waals surface area contributed by atoms with E-state index >= 15 is 0 Å². The number of hydrogen-bond acceptors (Lipinski definition) is 4. The van der Waals surface area contributed by atoms with Gasteiger partial charge in [-0.2, -0.15) is 26.3 Å². The molecular weight excluding hydrogens is 385 g/mol. The van der Waals surface area contributed by atoms with Crippen LogP contribution in [0.15, 0.2) is 30.6 Å². The van der Waals surface area contributed by atoms with Crippen molar-refractivity contribution in [3.8, 4) is 17.0 Å². The molecule has 0 spiro atoms. The third-order valence-electron chi connectivity index (χ3n) is 3.55. The Balaban J connectivity index is 1.96. The summed E-state index contributed by atoms with van der Waals surface area (Å²) in [6, 6.07) is 3.38. The van der Waals surface area contributed by atoms with Gasteiger partial charge in [-0.15, -0.1) is 10.2 Å². The summed E-state index contributed by atoms with van der Waals surface area (Å²) in [5.41, 5.74) is 0.0660. The second-order valence-corrected chi connectivity index (χ2v) is 5.48. The lowest BCUT2D eigenvalue weighted by Gasteiger charge is -2.17. The van der Waals surface area contributed by atoms with Gasteiger partial charge in [0.1, 0.15) is 0 Å². The molecule has 0 aliphatic carbocycles. The van der Waals surface area contributed by atoms with Gasteiger partial charge >= 0.3 is 12.4 Å². The van der Waals surface area contributed by atoms with Gasteiger partial charge in [-0.3, -0.25) is 4.40 Å². The molecule has 0 aliphatic heterocycles. The summed E-state index contributed by atoms with van der Waals surface area (Å²) in [6.45, 7) is 0.688. The Hall–Kier alpha value is -2.92. The molecule has 144 valence electrons. The van der Waals surface area contributed by atoms with Crippen LogP contribution in [0.2, 0.25) is 0 Å². The van der Waals surface area contributed by atoms with Crippen LogP contribution in [0, 0.1) is 5.82 Å². The number of rotatable bonds is 3. The third-order valence-corrected chi connectivity index (χ3v) is 3.55. The fourth-order valence-corrected chi connectivity index (χ4v) is 2.16. The summed E-state index contributed by atoms with van der Waals surface area (Å²) < 4.78 is 95.3. The molecule has 0 N–H and O–H groups in total. The zero-order valence-electron chi connectivity index (χ0n) is 13.3. The lowest BCUT2D eigenvalue weighted by atomic mass is 10.1. The van der Waals surface area contributed by atoms with Gasteiger partial charge in [0, 0.05) is 23.5 Å². The predicted octanol–water partition coefficient (Wildman–Crippen LogP) is 4.28. The van der Waals surface area contributed by atoms with E-state index in [1.807, 2.05) is 0 Å². The van der Waals surface area contributed by atoms with Gasteiger partial charge in [0.05, 0.1) is 0 Å². The fourth-order valence-electron chi connectivity index (χ4n) is 2.16. The lowest BCUT2D eigenvalue weighted by molar-refractivity contribution is -0.190. The number of aromatic nitrogens is 4. The minimum Gasteiger partial charge on any atom is -0.463 e. The van der Waals surface area contributed by atoms with E-state index in [-0.39, 0.29) is 16.8 Å². The van der Waals surface area contributed by atoms with E-state index in [1.165, 1.54) is 12.1 Å². The third kappa shape index (κ3) is 3.78. The van der Waals surface area contributed by atoms with Crippen molar-refractivity contribution < 1.29 is 35.5 Å². The van der Waals surface area contributed by atoms with Crippen molar-refractivity contribution in [2.24, 2.45) is 0 Å². The number of hydrogen-bond donors (Lipinski definition) is 0. The summed E-state index contributed by atoms with van der Waals surface area (Å²) in [4.78, 5) is 3.49. The molecule has 12 heteroatoms. The van der Waals surface area contributed by atoms with Crippen molar-refractivity contribution in [3.63, 3.8) is 0 Å². The number of alkyl halides is 6. The molecule has 27 heavy (non-hydrogen) atoms. The summed E-state index contributed by atoms with van der Waals surface area (Å²) >= 11 is 0. The first kappa shape index (κ1) is 18.9. The van der Waals surface area contributed by atoms with E-state index in [1.54, 1.807) is 0 Å². The van der Waals surface area contributed by atoms with Crippen molar-refractivity contribution in [1.29, 1.82) is 0 Å². The largest absolute Gasteiger partial charge is 0.463 e. The van der Waals surface area contributed by atoms with Gasteiger partial charge in [-0.25, -0.2) is 9.37 Å². The van der Waals surface area contributed by atoms with Crippen LogP contribution >= 0.6 is 0 Å². The first-order valence-electron chi connectivity index (χ1n) is 7.28. The van der Waals surface area contributed by atoms with Gasteiger partial charge in [0.2, 0.25) is 5.82 Å². The minimum absolute atomic E-state index is 0.0308. The molecule has 3 rings (SSSR count). The van der Waals surface area contributed by atoms with Crippen LogP contribution in [0.5, 0.6) is 5.88 Å². The van der Waals surface area contributed by atoms with Gasteiger partial charge in [0.25, 0.3) is 5.88 Å². The molecule has 3 heterocycles. The maximum atomic E-state index is 14.0. The average Bonchev–Trinajstić information content (AvgIpc) is 2.99. The highest BCUT2D eigenvalue weighted by atomic mass is 19.4. The first-order chi connectivity index (χ1) is 12.5. The fraction of sp³-hybridized carbons (Fsp3) is 0.267. The van der Waals surface area contributed by atoms with Gasteiger partial charge in [-0.1, -0.05) is 0 Å². The molecule has 3 aromatic rings. The van der Waals surface area contributed by atoms with Gasteiger partial charge < -0.3 is 4.74 Å². The highest BCUT2D eigenvalue weighted by molar-refractivity contribution is 5.64. The summed E-state index contributed by atoms with van der Waals surface area (Å²) in [6.07, 6.45) is -9.74. The van der Waals surface area contributed by atoms with E-state index < -0.39 is 36.0 Å². The van der Waals surface area contributed by atoms with Crippen molar-refractivity contribution >= 4 is 5.65 Å². The zero-order chi connectivity index (χ0) is 20.0. The average molecular weight is 394 g/mol. The Bertz CT molecular complexity index is 980. The molecule has 0 aromatic carbocycles. The maximum absolute atomic E-state index is 14.0. The van der Waals surface area contributed by atoms with Crippen molar-refractivity contribution in [1.82, 2.24) is 19.6 Å². The topological polar surface area (TPSA) is 52.3 Å². The van der Waals surface area contributed by atoms with Crippen LogP contribution in [0.1, 0.15) is 12.7 Å².